The van der Waals surface area contributed by atoms with E-state index in [0.717, 1.165) is 6.42 Å². The second-order valence-electron chi connectivity index (χ2n) is 8.33. The lowest BCUT2D eigenvalue weighted by molar-refractivity contribution is -0.140. The third-order valence-electron chi connectivity index (χ3n) is 5.53. The first-order valence-electron chi connectivity index (χ1n) is 11.4. The molecule has 34 heavy (non-hydrogen) atoms. The third kappa shape index (κ3) is 5.34. The number of rotatable bonds is 10. The van der Waals surface area contributed by atoms with E-state index in [1.165, 1.54) is 11.0 Å². The van der Waals surface area contributed by atoms with E-state index >= 15 is 0 Å². The van der Waals surface area contributed by atoms with Crippen LogP contribution in [0.2, 0.25) is 0 Å². The Balaban J connectivity index is 2.10. The molecule has 1 fully saturated rings. The van der Waals surface area contributed by atoms with Gasteiger partial charge in [0.2, 0.25) is 0 Å². The molecule has 0 bridgehead atoms. The zero-order valence-electron chi connectivity index (χ0n) is 20.1. The van der Waals surface area contributed by atoms with Crippen LogP contribution in [-0.4, -0.2) is 72.1 Å². The van der Waals surface area contributed by atoms with Crippen LogP contribution in [0.25, 0.3) is 5.76 Å². The molecule has 1 atom stereocenters. The van der Waals surface area contributed by atoms with Gasteiger partial charge in [-0.15, -0.1) is 0 Å². The van der Waals surface area contributed by atoms with E-state index in [9.17, 15) is 19.8 Å². The topological polar surface area (TPSA) is 99.5 Å². The molecule has 0 spiro atoms. The van der Waals surface area contributed by atoms with Gasteiger partial charge in [-0.3, -0.25) is 9.59 Å². The fraction of sp³-hybridized carbons (Fsp3) is 0.385. The summed E-state index contributed by atoms with van der Waals surface area (Å²) in [6.07, 6.45) is 0.870. The molecule has 8 heteroatoms. The van der Waals surface area contributed by atoms with Gasteiger partial charge in [0.25, 0.3) is 11.7 Å². The van der Waals surface area contributed by atoms with Gasteiger partial charge in [-0.1, -0.05) is 13.0 Å². The number of hydrogen-bond donors (Lipinski definition) is 2. The number of aliphatic hydroxyl groups excluding tert-OH is 1. The molecule has 0 aromatic heterocycles. The van der Waals surface area contributed by atoms with Gasteiger partial charge in [-0.05, 0) is 69.4 Å². The number of phenols is 1. The Labute approximate surface area is 200 Å². The van der Waals surface area contributed by atoms with Crippen molar-refractivity contribution < 1.29 is 29.3 Å². The number of hydrogen-bond acceptors (Lipinski definition) is 7. The smallest absolute Gasteiger partial charge is 0.295 e. The van der Waals surface area contributed by atoms with Gasteiger partial charge < -0.3 is 29.5 Å². The number of likely N-dealkylation sites (N-methyl/N-ethyl adjacent to an activating group) is 1. The minimum absolute atomic E-state index is 0.000814. The third-order valence-corrected chi connectivity index (χ3v) is 5.53. The number of phenolic OH excluding ortho intramolecular Hbond substituents is 1. The van der Waals surface area contributed by atoms with Crippen molar-refractivity contribution in [2.45, 2.75) is 26.3 Å². The average molecular weight is 469 g/mol. The summed E-state index contributed by atoms with van der Waals surface area (Å²) < 4.78 is 11.1. The van der Waals surface area contributed by atoms with Crippen LogP contribution in [0.15, 0.2) is 48.0 Å². The number of carbonyl (C=O) groups is 2. The molecule has 1 heterocycles. The number of likely N-dealkylation sites (tertiary alicyclic amines) is 1. The van der Waals surface area contributed by atoms with Crippen LogP contribution in [0.1, 0.15) is 37.4 Å². The highest BCUT2D eigenvalue weighted by Gasteiger charge is 2.46. The van der Waals surface area contributed by atoms with Crippen molar-refractivity contribution in [2.75, 3.05) is 40.4 Å². The number of ketones is 1. The van der Waals surface area contributed by atoms with E-state index in [-0.39, 0.29) is 29.4 Å². The zero-order chi connectivity index (χ0) is 24.8. The molecule has 1 saturated heterocycles. The van der Waals surface area contributed by atoms with Crippen LogP contribution >= 0.6 is 0 Å². The van der Waals surface area contributed by atoms with Gasteiger partial charge in [0.15, 0.2) is 11.5 Å². The predicted molar refractivity (Wildman–Crippen MR) is 129 cm³/mol. The molecule has 2 aromatic rings. The molecular formula is C26H32N2O6. The first-order chi connectivity index (χ1) is 16.3. The monoisotopic (exact) mass is 468 g/mol. The first-order valence-corrected chi connectivity index (χ1v) is 11.4. The average Bonchev–Trinajstić information content (AvgIpc) is 3.07. The number of aliphatic hydroxyl groups is 1. The minimum Gasteiger partial charge on any atom is -0.507 e. The molecule has 1 amide bonds. The first kappa shape index (κ1) is 25.1. The van der Waals surface area contributed by atoms with Gasteiger partial charge >= 0.3 is 0 Å². The Kier molecular flexibility index (Phi) is 8.17. The highest BCUT2D eigenvalue weighted by molar-refractivity contribution is 6.46. The summed E-state index contributed by atoms with van der Waals surface area (Å²) in [6.45, 7) is 5.53. The van der Waals surface area contributed by atoms with E-state index < -0.39 is 17.7 Å². The summed E-state index contributed by atoms with van der Waals surface area (Å²) in [5, 5.41) is 21.3. The van der Waals surface area contributed by atoms with Crippen molar-refractivity contribution >= 4 is 17.4 Å². The van der Waals surface area contributed by atoms with Gasteiger partial charge in [0.1, 0.15) is 11.5 Å². The molecule has 0 radical (unpaired) electrons. The summed E-state index contributed by atoms with van der Waals surface area (Å²) in [5.41, 5.74) is 0.964. The SMILES string of the molecule is CCCOc1ccc(/C(O)=C2\C(=O)C(=O)N(CCN(C)C)C2c2ccc(O)c(OCC)c2)cc1. The normalized spacial score (nSPS) is 17.4. The van der Waals surface area contributed by atoms with E-state index in [4.69, 9.17) is 9.47 Å². The number of benzene rings is 2. The minimum atomic E-state index is -0.823. The van der Waals surface area contributed by atoms with Crippen LogP contribution in [0.5, 0.6) is 17.2 Å². The summed E-state index contributed by atoms with van der Waals surface area (Å²) in [5.74, 6) is -0.833. The van der Waals surface area contributed by atoms with Crippen LogP contribution < -0.4 is 9.47 Å². The number of aromatic hydroxyl groups is 1. The maximum Gasteiger partial charge on any atom is 0.295 e. The lowest BCUT2D eigenvalue weighted by Gasteiger charge is -2.27. The van der Waals surface area contributed by atoms with E-state index in [1.54, 1.807) is 43.3 Å². The summed E-state index contributed by atoms with van der Waals surface area (Å²) in [7, 11) is 3.75. The lowest BCUT2D eigenvalue weighted by Crippen LogP contribution is -2.35. The van der Waals surface area contributed by atoms with Gasteiger partial charge in [0, 0.05) is 18.7 Å². The van der Waals surface area contributed by atoms with Gasteiger partial charge in [0.05, 0.1) is 24.8 Å². The van der Waals surface area contributed by atoms with Gasteiger partial charge in [-0.2, -0.15) is 0 Å². The van der Waals surface area contributed by atoms with Crippen molar-refractivity contribution in [3.8, 4) is 17.2 Å². The molecule has 2 aromatic carbocycles. The molecule has 2 N–H and O–H groups in total. The Morgan fingerprint density at radius 2 is 1.76 bits per heavy atom. The Morgan fingerprint density at radius 3 is 2.38 bits per heavy atom. The number of carbonyl (C=O) groups excluding carboxylic acids is 2. The van der Waals surface area contributed by atoms with Crippen molar-refractivity contribution in [1.29, 1.82) is 0 Å². The highest BCUT2D eigenvalue weighted by Crippen LogP contribution is 2.41. The largest absolute Gasteiger partial charge is 0.507 e. The standard InChI is InChI=1S/C26H32N2O6/c1-5-15-34-19-10-7-17(8-11-19)24(30)22-23(18-9-12-20(29)21(16-18)33-6-2)28(14-13-27(3)4)26(32)25(22)31/h7-12,16,23,29-30H,5-6,13-15H2,1-4H3/b24-22+. The van der Waals surface area contributed by atoms with Crippen LogP contribution in [0.4, 0.5) is 0 Å². The molecule has 1 aliphatic heterocycles. The Bertz CT molecular complexity index is 1060. The molecule has 8 nitrogen and oxygen atoms in total. The van der Waals surface area contributed by atoms with Crippen LogP contribution in [-0.2, 0) is 9.59 Å². The summed E-state index contributed by atoms with van der Waals surface area (Å²) >= 11 is 0. The molecule has 0 aliphatic carbocycles. The predicted octanol–water partition coefficient (Wildman–Crippen LogP) is 3.56. The number of nitrogens with zero attached hydrogens (tertiary/aromatic N) is 2. The van der Waals surface area contributed by atoms with Crippen LogP contribution in [0.3, 0.4) is 0 Å². The highest BCUT2D eigenvalue weighted by atomic mass is 16.5. The van der Waals surface area contributed by atoms with E-state index in [0.29, 0.717) is 36.6 Å². The molecule has 1 aliphatic rings. The summed E-state index contributed by atoms with van der Waals surface area (Å²) in [4.78, 5) is 29.5. The molecule has 1 unspecified atom stereocenters. The van der Waals surface area contributed by atoms with Gasteiger partial charge in [-0.25, -0.2) is 0 Å². The lowest BCUT2D eigenvalue weighted by atomic mass is 9.95. The fourth-order valence-electron chi connectivity index (χ4n) is 3.82. The zero-order valence-corrected chi connectivity index (χ0v) is 20.1. The maximum atomic E-state index is 13.1. The van der Waals surface area contributed by atoms with E-state index in [1.807, 2.05) is 25.9 Å². The van der Waals surface area contributed by atoms with Crippen LogP contribution in [0, 0.1) is 0 Å². The molecule has 182 valence electrons. The fourth-order valence-corrected chi connectivity index (χ4v) is 3.82. The molecular weight excluding hydrogens is 436 g/mol. The van der Waals surface area contributed by atoms with E-state index in [2.05, 4.69) is 0 Å². The van der Waals surface area contributed by atoms with Crippen molar-refractivity contribution in [1.82, 2.24) is 9.80 Å². The second-order valence-corrected chi connectivity index (χ2v) is 8.33. The maximum absolute atomic E-state index is 13.1. The second kappa shape index (κ2) is 11.1. The van der Waals surface area contributed by atoms with Crippen molar-refractivity contribution in [3.05, 3.63) is 59.2 Å². The number of amides is 1. The summed E-state index contributed by atoms with van der Waals surface area (Å²) in [6, 6.07) is 10.6. The number of Topliss-reactive ketones (excluding diaryl/α,β-unsaturated/α-hetero) is 1. The molecule has 0 saturated carbocycles. The van der Waals surface area contributed by atoms with Crippen molar-refractivity contribution in [3.63, 3.8) is 0 Å². The quantitative estimate of drug-likeness (QED) is 0.312. The Morgan fingerprint density at radius 1 is 1.06 bits per heavy atom. The number of ether oxygens (including phenoxy) is 2. The Hall–Kier alpha value is -3.52. The van der Waals surface area contributed by atoms with Crippen molar-refractivity contribution in [2.24, 2.45) is 0 Å². The molecule has 3 rings (SSSR count).